The number of benzene rings is 1. The molecule has 0 radical (unpaired) electrons. The van der Waals surface area contributed by atoms with Gasteiger partial charge in [-0.05, 0) is 72.9 Å². The molecule has 0 bridgehead atoms. The lowest BCUT2D eigenvalue weighted by molar-refractivity contribution is 0.127. The molecule has 0 fully saturated rings. The Morgan fingerprint density at radius 3 is 2.55 bits per heavy atom. The van der Waals surface area contributed by atoms with Crippen molar-refractivity contribution < 1.29 is 8.78 Å². The summed E-state index contributed by atoms with van der Waals surface area (Å²) in [6, 6.07) is 12.8. The lowest BCUT2D eigenvalue weighted by Crippen LogP contribution is -2.13. The number of hydrogen-bond donors (Lipinski definition) is 1. The zero-order valence-electron chi connectivity index (χ0n) is 18.1. The third kappa shape index (κ3) is 5.53. The highest BCUT2D eigenvalue weighted by atomic mass is 127. The Kier molecular flexibility index (Phi) is 7.19. The van der Waals surface area contributed by atoms with Gasteiger partial charge in [0, 0.05) is 63.1 Å². The second-order valence-corrected chi connectivity index (χ2v) is 9.23. The first-order chi connectivity index (χ1) is 14.6. The number of aromatic nitrogens is 2. The molecule has 2 heterocycles. The summed E-state index contributed by atoms with van der Waals surface area (Å²) < 4.78 is 24.5. The molecule has 0 saturated heterocycles. The SMILES string of the molecule is CCCc1cc(-c2cc(C(=N)C(C)c3cc(C(F)(F)I)ccn3)ccc2C)cc(C)n1. The number of nitrogens with zero attached hydrogens (tertiary/aromatic N) is 2. The average molecular weight is 533 g/mol. The van der Waals surface area contributed by atoms with E-state index < -0.39 is 9.85 Å². The van der Waals surface area contributed by atoms with Gasteiger partial charge in [0.1, 0.15) is 0 Å². The van der Waals surface area contributed by atoms with Crippen LogP contribution in [0.4, 0.5) is 8.78 Å². The van der Waals surface area contributed by atoms with Gasteiger partial charge in [-0.1, -0.05) is 32.4 Å². The number of halogens is 3. The van der Waals surface area contributed by atoms with Gasteiger partial charge >= 0.3 is 3.93 Å². The summed E-state index contributed by atoms with van der Waals surface area (Å²) in [7, 11) is 0. The van der Waals surface area contributed by atoms with Gasteiger partial charge in [0.25, 0.3) is 0 Å². The molecular formula is C25H26F2IN3. The zero-order chi connectivity index (χ0) is 22.8. The second kappa shape index (κ2) is 9.51. The first kappa shape index (κ1) is 23.4. The van der Waals surface area contributed by atoms with Crippen LogP contribution in [0.25, 0.3) is 11.1 Å². The van der Waals surface area contributed by atoms with Crippen LogP contribution in [0.3, 0.4) is 0 Å². The van der Waals surface area contributed by atoms with Gasteiger partial charge in [-0.25, -0.2) is 0 Å². The first-order valence-corrected chi connectivity index (χ1v) is 11.4. The van der Waals surface area contributed by atoms with Gasteiger partial charge in [-0.3, -0.25) is 9.97 Å². The number of nitrogens with one attached hydrogen (secondary N) is 1. The number of hydrogen-bond acceptors (Lipinski definition) is 3. The van der Waals surface area contributed by atoms with Gasteiger partial charge in [0.05, 0.1) is 0 Å². The maximum atomic E-state index is 13.7. The minimum Gasteiger partial charge on any atom is -0.304 e. The van der Waals surface area contributed by atoms with E-state index >= 15 is 0 Å². The molecule has 162 valence electrons. The molecule has 3 nitrogen and oxygen atoms in total. The molecule has 1 aromatic carbocycles. The van der Waals surface area contributed by atoms with Crippen LogP contribution in [-0.4, -0.2) is 15.7 Å². The maximum Gasteiger partial charge on any atom is 0.321 e. The van der Waals surface area contributed by atoms with Crippen molar-refractivity contribution >= 4 is 28.3 Å². The molecule has 6 heteroatoms. The van der Waals surface area contributed by atoms with Crippen molar-refractivity contribution in [2.24, 2.45) is 0 Å². The van der Waals surface area contributed by atoms with E-state index in [2.05, 4.69) is 35.9 Å². The Labute approximate surface area is 196 Å². The predicted molar refractivity (Wildman–Crippen MR) is 131 cm³/mol. The maximum absolute atomic E-state index is 13.7. The molecule has 0 aliphatic heterocycles. The van der Waals surface area contributed by atoms with Crippen molar-refractivity contribution in [3.63, 3.8) is 0 Å². The Morgan fingerprint density at radius 1 is 1.13 bits per heavy atom. The normalized spacial score (nSPS) is 12.6. The third-order valence-corrected chi connectivity index (χ3v) is 5.98. The van der Waals surface area contributed by atoms with Crippen molar-refractivity contribution in [3.05, 3.63) is 82.4 Å². The van der Waals surface area contributed by atoms with Gasteiger partial charge in [0.15, 0.2) is 0 Å². The molecular weight excluding hydrogens is 507 g/mol. The number of aryl methyl sites for hydroxylation is 3. The van der Waals surface area contributed by atoms with Gasteiger partial charge < -0.3 is 5.41 Å². The first-order valence-electron chi connectivity index (χ1n) is 10.3. The predicted octanol–water partition coefficient (Wildman–Crippen LogP) is 7.37. The molecule has 0 aliphatic carbocycles. The van der Waals surface area contributed by atoms with Crippen LogP contribution in [-0.2, 0) is 10.4 Å². The van der Waals surface area contributed by atoms with Crippen LogP contribution in [0.15, 0.2) is 48.7 Å². The highest BCUT2D eigenvalue weighted by molar-refractivity contribution is 14.1. The third-order valence-electron chi connectivity index (χ3n) is 5.36. The standard InChI is InChI=1S/C25H26F2IN3/c1-5-6-21-12-19(11-16(3)31-21)22-13-18(8-7-15(22)2)24(29)17(4)23-14-20(9-10-30-23)25(26,27)28/h7-14,17,29H,5-6H2,1-4H3. The summed E-state index contributed by atoms with van der Waals surface area (Å²) in [5.74, 6) is -0.413. The summed E-state index contributed by atoms with van der Waals surface area (Å²) in [6.45, 7) is 8.01. The van der Waals surface area contributed by atoms with Crippen molar-refractivity contribution in [3.8, 4) is 11.1 Å². The van der Waals surface area contributed by atoms with Crippen molar-refractivity contribution in [1.82, 2.24) is 9.97 Å². The second-order valence-electron chi connectivity index (χ2n) is 7.87. The topological polar surface area (TPSA) is 49.6 Å². The van der Waals surface area contributed by atoms with Crippen LogP contribution in [0.1, 0.15) is 60.0 Å². The van der Waals surface area contributed by atoms with E-state index in [0.717, 1.165) is 69.1 Å². The van der Waals surface area contributed by atoms with Gasteiger partial charge in [-0.15, -0.1) is 0 Å². The van der Waals surface area contributed by atoms with Crippen LogP contribution in [0.2, 0.25) is 0 Å². The average Bonchev–Trinajstić information content (AvgIpc) is 2.72. The Morgan fingerprint density at radius 2 is 1.87 bits per heavy atom. The van der Waals surface area contributed by atoms with Gasteiger partial charge in [0.2, 0.25) is 0 Å². The fourth-order valence-electron chi connectivity index (χ4n) is 3.64. The Balaban J connectivity index is 1.97. The monoisotopic (exact) mass is 533 g/mol. The summed E-state index contributed by atoms with van der Waals surface area (Å²) in [5.41, 5.74) is 6.75. The van der Waals surface area contributed by atoms with E-state index in [4.69, 9.17) is 5.41 Å². The van der Waals surface area contributed by atoms with Crippen LogP contribution in [0, 0.1) is 19.3 Å². The van der Waals surface area contributed by atoms with Crippen LogP contribution in [0.5, 0.6) is 0 Å². The van der Waals surface area contributed by atoms with Crippen LogP contribution >= 0.6 is 22.6 Å². The zero-order valence-corrected chi connectivity index (χ0v) is 20.3. The number of alkyl halides is 3. The highest BCUT2D eigenvalue weighted by Crippen LogP contribution is 2.36. The van der Waals surface area contributed by atoms with E-state index in [1.54, 1.807) is 0 Å². The molecule has 3 rings (SSSR count). The summed E-state index contributed by atoms with van der Waals surface area (Å²) in [5, 5.41) is 8.74. The molecule has 0 aliphatic rings. The molecule has 31 heavy (non-hydrogen) atoms. The van der Waals surface area contributed by atoms with E-state index in [-0.39, 0.29) is 5.56 Å². The molecule has 1 N–H and O–H groups in total. The minimum absolute atomic E-state index is 0.0990. The van der Waals surface area contributed by atoms with Gasteiger partial charge in [-0.2, -0.15) is 8.78 Å². The molecule has 0 saturated carbocycles. The van der Waals surface area contributed by atoms with E-state index in [1.165, 1.54) is 18.3 Å². The summed E-state index contributed by atoms with van der Waals surface area (Å²) in [4.78, 5) is 8.88. The molecule has 1 atom stereocenters. The Bertz CT molecular complexity index is 1110. The van der Waals surface area contributed by atoms with Crippen molar-refractivity contribution in [1.29, 1.82) is 5.41 Å². The fraction of sp³-hybridized carbons (Fsp3) is 0.320. The molecule has 2 aromatic heterocycles. The highest BCUT2D eigenvalue weighted by Gasteiger charge is 2.28. The van der Waals surface area contributed by atoms with Crippen LogP contribution < -0.4 is 0 Å². The smallest absolute Gasteiger partial charge is 0.304 e. The molecule has 0 spiro atoms. The van der Waals surface area contributed by atoms with Crippen molar-refractivity contribution in [2.45, 2.75) is 50.4 Å². The van der Waals surface area contributed by atoms with Crippen molar-refractivity contribution in [2.75, 3.05) is 0 Å². The molecule has 1 unspecified atom stereocenters. The number of rotatable bonds is 7. The van der Waals surface area contributed by atoms with E-state index in [9.17, 15) is 8.78 Å². The van der Waals surface area contributed by atoms with E-state index in [0.29, 0.717) is 11.4 Å². The number of pyridine rings is 2. The summed E-state index contributed by atoms with van der Waals surface area (Å²) >= 11 is 1.12. The fourth-order valence-corrected chi connectivity index (χ4v) is 3.97. The minimum atomic E-state index is -2.97. The quantitative estimate of drug-likeness (QED) is 0.196. The lowest BCUT2D eigenvalue weighted by Gasteiger charge is -2.17. The molecule has 0 amide bonds. The molecule has 3 aromatic rings. The Hall–Kier alpha value is -2.22. The lowest BCUT2D eigenvalue weighted by atomic mass is 9.90. The largest absolute Gasteiger partial charge is 0.321 e. The van der Waals surface area contributed by atoms with E-state index in [1.807, 2.05) is 32.0 Å². The summed E-state index contributed by atoms with van der Waals surface area (Å²) in [6.07, 6.45) is 3.33.